The first-order valence-corrected chi connectivity index (χ1v) is 12.4. The number of carbonyl (C=O) groups excluding carboxylic acids is 4. The molecule has 0 spiro atoms. The number of primary amides is 1. The predicted molar refractivity (Wildman–Crippen MR) is 132 cm³/mol. The van der Waals surface area contributed by atoms with E-state index in [0.717, 1.165) is 0 Å². The molecule has 0 saturated carbocycles. The largest absolute Gasteiger partial charge is 0.480 e. The Morgan fingerprint density at radius 2 is 1.53 bits per heavy atom. The fraction of sp³-hybridized carbons (Fsp3) is 0.476. The van der Waals surface area contributed by atoms with Crippen molar-refractivity contribution in [2.75, 3.05) is 17.8 Å². The van der Waals surface area contributed by atoms with Crippen molar-refractivity contribution in [3.63, 3.8) is 0 Å². The molecule has 4 atom stereocenters. The summed E-state index contributed by atoms with van der Waals surface area (Å²) >= 11 is 5.42. The highest BCUT2D eigenvalue weighted by Gasteiger charge is 2.31. The van der Waals surface area contributed by atoms with Gasteiger partial charge in [-0.3, -0.25) is 19.2 Å². The van der Waals surface area contributed by atoms with Crippen molar-refractivity contribution in [2.24, 2.45) is 11.5 Å². The molecule has 0 radical (unpaired) electrons. The van der Waals surface area contributed by atoms with Crippen LogP contribution in [-0.4, -0.2) is 76.6 Å². The summed E-state index contributed by atoms with van der Waals surface area (Å²) in [4.78, 5) is 61.0. The van der Waals surface area contributed by atoms with E-state index in [9.17, 15) is 29.1 Å². The lowest BCUT2D eigenvalue weighted by molar-refractivity contribution is -0.141. The topological polar surface area (TPSA) is 194 Å². The number of thioether (sulfide) groups is 1. The van der Waals surface area contributed by atoms with E-state index in [2.05, 4.69) is 28.6 Å². The molecule has 1 rings (SSSR count). The van der Waals surface area contributed by atoms with Crippen LogP contribution in [0.4, 0.5) is 0 Å². The van der Waals surface area contributed by atoms with Crippen LogP contribution in [0.2, 0.25) is 0 Å². The lowest BCUT2D eigenvalue weighted by Gasteiger charge is -2.24. The van der Waals surface area contributed by atoms with Gasteiger partial charge in [0.15, 0.2) is 0 Å². The minimum atomic E-state index is -1.36. The van der Waals surface area contributed by atoms with Gasteiger partial charge in [-0.05, 0) is 24.0 Å². The summed E-state index contributed by atoms with van der Waals surface area (Å²) in [6.07, 6.45) is 1.73. The molecule has 0 fully saturated rings. The van der Waals surface area contributed by atoms with Crippen molar-refractivity contribution in [1.29, 1.82) is 0 Å². The van der Waals surface area contributed by atoms with Crippen LogP contribution in [0.15, 0.2) is 30.3 Å². The SMILES string of the molecule is CSCCC(N)C(=O)NC(CC(N)=O)C(=O)NC(Cc1ccccc1)C(=O)NC(CS)C(=O)O. The number of hydrogen-bond acceptors (Lipinski definition) is 8. The third-order valence-electron chi connectivity index (χ3n) is 4.72. The summed E-state index contributed by atoms with van der Waals surface area (Å²) in [6.45, 7) is 0. The second-order valence-electron chi connectivity index (χ2n) is 7.45. The van der Waals surface area contributed by atoms with Crippen molar-refractivity contribution in [1.82, 2.24) is 16.0 Å². The molecule has 34 heavy (non-hydrogen) atoms. The summed E-state index contributed by atoms with van der Waals surface area (Å²) in [7, 11) is 0. The number of rotatable bonds is 15. The average molecular weight is 514 g/mol. The van der Waals surface area contributed by atoms with E-state index >= 15 is 0 Å². The Kier molecular flexibility index (Phi) is 13.1. The number of nitrogens with one attached hydrogen (secondary N) is 3. The zero-order chi connectivity index (χ0) is 25.7. The number of hydrogen-bond donors (Lipinski definition) is 7. The minimum absolute atomic E-state index is 0.0296. The third kappa shape index (κ3) is 10.4. The molecule has 0 saturated heterocycles. The second kappa shape index (κ2) is 15.2. The minimum Gasteiger partial charge on any atom is -0.480 e. The molecule has 13 heteroatoms. The summed E-state index contributed by atoms with van der Waals surface area (Å²) < 4.78 is 0. The van der Waals surface area contributed by atoms with Crippen LogP contribution in [0.3, 0.4) is 0 Å². The number of thiol groups is 1. The number of aliphatic carboxylic acids is 1. The van der Waals surface area contributed by atoms with Gasteiger partial charge in [0.1, 0.15) is 18.1 Å². The van der Waals surface area contributed by atoms with E-state index in [1.807, 2.05) is 6.26 Å². The maximum Gasteiger partial charge on any atom is 0.327 e. The van der Waals surface area contributed by atoms with Crippen LogP contribution in [0, 0.1) is 0 Å². The van der Waals surface area contributed by atoms with Crippen molar-refractivity contribution < 1.29 is 29.1 Å². The Hall–Kier alpha value is -2.77. The Morgan fingerprint density at radius 3 is 2.06 bits per heavy atom. The van der Waals surface area contributed by atoms with Crippen molar-refractivity contribution in [3.05, 3.63) is 35.9 Å². The average Bonchev–Trinajstić information content (AvgIpc) is 2.79. The number of carboxylic acids is 1. The first kappa shape index (κ1) is 29.3. The van der Waals surface area contributed by atoms with E-state index in [-0.39, 0.29) is 12.2 Å². The van der Waals surface area contributed by atoms with Crippen LogP contribution in [0.5, 0.6) is 0 Å². The second-order valence-corrected chi connectivity index (χ2v) is 8.80. The molecule has 11 nitrogen and oxygen atoms in total. The van der Waals surface area contributed by atoms with E-state index in [1.54, 1.807) is 30.3 Å². The van der Waals surface area contributed by atoms with Crippen LogP contribution in [0.1, 0.15) is 18.4 Å². The fourth-order valence-electron chi connectivity index (χ4n) is 2.85. The summed E-state index contributed by atoms with van der Waals surface area (Å²) in [5, 5.41) is 16.4. The molecule has 188 valence electrons. The predicted octanol–water partition coefficient (Wildman–Crippen LogP) is -1.35. The molecular formula is C21H31N5O6S2. The van der Waals surface area contributed by atoms with Crippen molar-refractivity contribution in [3.8, 4) is 0 Å². The Balaban J connectivity index is 3.05. The van der Waals surface area contributed by atoms with Gasteiger partial charge in [-0.2, -0.15) is 24.4 Å². The molecular weight excluding hydrogens is 482 g/mol. The zero-order valence-corrected chi connectivity index (χ0v) is 20.4. The standard InChI is InChI=1S/C21H31N5O6S2/c1-34-8-7-13(22)18(28)24-15(10-17(23)27)20(30)25-14(9-12-5-3-2-4-6-12)19(29)26-16(11-33)21(31)32/h2-6,13-16,33H,7-11,22H2,1H3,(H2,23,27)(H,24,28)(H,25,30)(H,26,29)(H,31,32). The summed E-state index contributed by atoms with van der Waals surface area (Å²) in [5.74, 6) is -3.91. The van der Waals surface area contributed by atoms with Crippen LogP contribution in [-0.2, 0) is 30.4 Å². The van der Waals surface area contributed by atoms with Gasteiger partial charge in [-0.1, -0.05) is 30.3 Å². The van der Waals surface area contributed by atoms with Gasteiger partial charge >= 0.3 is 5.97 Å². The quantitative estimate of drug-likeness (QED) is 0.140. The smallest absolute Gasteiger partial charge is 0.327 e. The highest BCUT2D eigenvalue weighted by atomic mass is 32.2. The molecule has 4 amide bonds. The van der Waals surface area contributed by atoms with E-state index in [4.69, 9.17) is 11.5 Å². The molecule has 0 bridgehead atoms. The van der Waals surface area contributed by atoms with Gasteiger partial charge in [-0.15, -0.1) is 0 Å². The number of amides is 4. The first-order chi connectivity index (χ1) is 16.1. The molecule has 1 aromatic rings. The van der Waals surface area contributed by atoms with E-state index in [1.165, 1.54) is 11.8 Å². The lowest BCUT2D eigenvalue weighted by Crippen LogP contribution is -2.58. The lowest BCUT2D eigenvalue weighted by atomic mass is 10.0. The molecule has 0 aliphatic carbocycles. The maximum atomic E-state index is 13.0. The summed E-state index contributed by atoms with van der Waals surface area (Å²) in [6, 6.07) is 3.98. The number of nitrogens with two attached hydrogens (primary N) is 2. The Morgan fingerprint density at radius 1 is 0.971 bits per heavy atom. The van der Waals surface area contributed by atoms with E-state index < -0.39 is 60.2 Å². The third-order valence-corrected chi connectivity index (χ3v) is 5.73. The molecule has 0 aliphatic rings. The highest BCUT2D eigenvalue weighted by molar-refractivity contribution is 7.98. The molecule has 0 aliphatic heterocycles. The van der Waals surface area contributed by atoms with E-state index in [0.29, 0.717) is 17.7 Å². The molecule has 4 unspecified atom stereocenters. The molecule has 0 aromatic heterocycles. The van der Waals surface area contributed by atoms with Gasteiger partial charge in [0.2, 0.25) is 23.6 Å². The highest BCUT2D eigenvalue weighted by Crippen LogP contribution is 2.06. The van der Waals surface area contributed by atoms with Gasteiger partial charge in [0.05, 0.1) is 12.5 Å². The Labute approximate surface area is 207 Å². The number of carbonyl (C=O) groups is 5. The van der Waals surface area contributed by atoms with Crippen molar-refractivity contribution >= 4 is 54.0 Å². The van der Waals surface area contributed by atoms with Crippen LogP contribution < -0.4 is 27.4 Å². The van der Waals surface area contributed by atoms with Gasteiger partial charge in [0.25, 0.3) is 0 Å². The number of benzene rings is 1. The Bertz CT molecular complexity index is 857. The van der Waals surface area contributed by atoms with Gasteiger partial charge < -0.3 is 32.5 Å². The summed E-state index contributed by atoms with van der Waals surface area (Å²) in [5.41, 5.74) is 11.8. The molecule has 8 N–H and O–H groups in total. The monoisotopic (exact) mass is 513 g/mol. The van der Waals surface area contributed by atoms with Crippen LogP contribution in [0.25, 0.3) is 0 Å². The normalized spacial score (nSPS) is 14.2. The zero-order valence-electron chi connectivity index (χ0n) is 18.7. The number of carboxylic acid groups (broad SMARTS) is 1. The van der Waals surface area contributed by atoms with Crippen molar-refractivity contribution in [2.45, 2.75) is 43.4 Å². The van der Waals surface area contributed by atoms with Crippen LogP contribution >= 0.6 is 24.4 Å². The molecule has 0 heterocycles. The van der Waals surface area contributed by atoms with Gasteiger partial charge in [-0.25, -0.2) is 4.79 Å². The fourth-order valence-corrected chi connectivity index (χ4v) is 3.59. The first-order valence-electron chi connectivity index (χ1n) is 10.4. The molecule has 1 aromatic carbocycles. The van der Waals surface area contributed by atoms with Gasteiger partial charge in [0, 0.05) is 12.2 Å². The maximum absolute atomic E-state index is 13.0.